The fraction of sp³-hybridized carbons (Fsp3) is 0.745. The van der Waals surface area contributed by atoms with Crippen LogP contribution in [-0.4, -0.2) is 59.9 Å². The average Bonchev–Trinajstić information content (AvgIpc) is 3.26. The van der Waals surface area contributed by atoms with Crippen molar-refractivity contribution in [2.45, 2.75) is 225 Å². The Morgan fingerprint density at radius 2 is 0.889 bits per heavy atom. The molecule has 1 unspecified atom stereocenters. The number of phosphoric acid groups is 1. The predicted molar refractivity (Wildman–Crippen MR) is 258 cm³/mol. The quantitative estimate of drug-likeness (QED) is 0.0230. The van der Waals surface area contributed by atoms with E-state index in [2.05, 4.69) is 67.0 Å². The minimum Gasteiger partial charge on any atom is -0.480 e. The minimum absolute atomic E-state index is 0.143. The van der Waals surface area contributed by atoms with Gasteiger partial charge < -0.3 is 25.2 Å². The second-order valence-corrected chi connectivity index (χ2v) is 18.0. The molecule has 0 aromatic rings. The fourth-order valence-electron chi connectivity index (χ4n) is 6.69. The van der Waals surface area contributed by atoms with Crippen LogP contribution >= 0.6 is 7.82 Å². The summed E-state index contributed by atoms with van der Waals surface area (Å²) in [7, 11) is -4.73. The van der Waals surface area contributed by atoms with Crippen molar-refractivity contribution in [3.63, 3.8) is 0 Å². The Kier molecular flexibility index (Phi) is 43.7. The number of esters is 2. The van der Waals surface area contributed by atoms with Crippen molar-refractivity contribution in [3.8, 4) is 0 Å². The number of unbranched alkanes of at least 4 members (excludes halogenated alkanes) is 22. The minimum atomic E-state index is -4.73. The number of phosphoric ester groups is 1. The van der Waals surface area contributed by atoms with Crippen molar-refractivity contribution in [3.05, 3.63) is 60.8 Å². The van der Waals surface area contributed by atoms with Crippen LogP contribution in [0.2, 0.25) is 0 Å². The molecule has 12 heteroatoms. The first kappa shape index (κ1) is 60.2. The maximum atomic E-state index is 12.7. The number of carbonyl (C=O) groups excluding carboxylic acids is 2. The third-order valence-electron chi connectivity index (χ3n) is 10.5. The van der Waals surface area contributed by atoms with Crippen molar-refractivity contribution in [2.24, 2.45) is 5.73 Å². The first-order valence-corrected chi connectivity index (χ1v) is 26.3. The zero-order valence-corrected chi connectivity index (χ0v) is 40.5. The molecule has 0 aromatic carbocycles. The summed E-state index contributed by atoms with van der Waals surface area (Å²) in [5.74, 6) is -2.45. The lowest BCUT2D eigenvalue weighted by atomic mass is 10.0. The third kappa shape index (κ3) is 45.5. The van der Waals surface area contributed by atoms with Gasteiger partial charge in [0.05, 0.1) is 13.2 Å². The Hall–Kier alpha value is -2.82. The van der Waals surface area contributed by atoms with Gasteiger partial charge in [-0.1, -0.05) is 209 Å². The van der Waals surface area contributed by atoms with E-state index in [1.54, 1.807) is 0 Å². The number of ether oxygens (including phenoxy) is 2. The topological polar surface area (TPSA) is 172 Å². The van der Waals surface area contributed by atoms with Gasteiger partial charge in [-0.2, -0.15) is 0 Å². The highest BCUT2D eigenvalue weighted by atomic mass is 31.2. The first-order valence-electron chi connectivity index (χ1n) is 24.8. The van der Waals surface area contributed by atoms with Crippen LogP contribution < -0.4 is 5.73 Å². The number of aliphatic carboxylic acids is 1. The highest BCUT2D eigenvalue weighted by Gasteiger charge is 2.28. The van der Waals surface area contributed by atoms with Gasteiger partial charge in [0.2, 0.25) is 0 Å². The number of allylic oxidation sites excluding steroid dienone is 10. The largest absolute Gasteiger partial charge is 0.480 e. The Morgan fingerprint density at radius 1 is 0.508 bits per heavy atom. The van der Waals surface area contributed by atoms with E-state index in [0.29, 0.717) is 19.3 Å². The molecule has 0 aromatic heterocycles. The molecule has 0 aliphatic rings. The molecule has 0 radical (unpaired) electrons. The lowest BCUT2D eigenvalue weighted by Crippen LogP contribution is -2.34. The van der Waals surface area contributed by atoms with Crippen LogP contribution in [0.15, 0.2) is 60.8 Å². The van der Waals surface area contributed by atoms with E-state index in [9.17, 15) is 23.8 Å². The van der Waals surface area contributed by atoms with Gasteiger partial charge in [0.25, 0.3) is 0 Å². The second-order valence-electron chi connectivity index (χ2n) is 16.6. The van der Waals surface area contributed by atoms with Crippen molar-refractivity contribution >= 4 is 25.7 Å². The predicted octanol–water partition coefficient (Wildman–Crippen LogP) is 13.9. The van der Waals surface area contributed by atoms with E-state index in [-0.39, 0.29) is 19.4 Å². The van der Waals surface area contributed by atoms with E-state index < -0.39 is 51.1 Å². The fourth-order valence-corrected chi connectivity index (χ4v) is 7.47. The molecular formula is C51H90NO10P. The molecule has 3 atom stereocenters. The number of carbonyl (C=O) groups is 3. The summed E-state index contributed by atoms with van der Waals surface area (Å²) < 4.78 is 32.8. The Bertz CT molecular complexity index is 1300. The monoisotopic (exact) mass is 908 g/mol. The summed E-state index contributed by atoms with van der Waals surface area (Å²) in [6, 6.07) is -1.53. The van der Waals surface area contributed by atoms with Crippen LogP contribution in [0, 0.1) is 0 Å². The van der Waals surface area contributed by atoms with Gasteiger partial charge in [0.15, 0.2) is 6.10 Å². The molecule has 0 heterocycles. The van der Waals surface area contributed by atoms with Crippen LogP contribution in [0.25, 0.3) is 0 Å². The number of carboxylic acids is 1. The Labute approximate surface area is 383 Å². The number of rotatable bonds is 46. The van der Waals surface area contributed by atoms with Gasteiger partial charge in [0, 0.05) is 12.8 Å². The SMILES string of the molecule is CC/C=C/C/C=C/C/C=C/C/C=C/C/C=C/CCCC(=O)OC[C@H](COP(=O)(O)OC[C@H](N)C(=O)O)OC(=O)CCCCCCCCCCCCCCCCCCCCCCCC. The first-order chi connectivity index (χ1) is 30.6. The van der Waals surface area contributed by atoms with Gasteiger partial charge >= 0.3 is 25.7 Å². The number of nitrogens with two attached hydrogens (primary N) is 1. The van der Waals surface area contributed by atoms with Gasteiger partial charge in [0.1, 0.15) is 12.6 Å². The van der Waals surface area contributed by atoms with Crippen molar-refractivity contribution in [2.75, 3.05) is 19.8 Å². The van der Waals surface area contributed by atoms with E-state index in [1.807, 2.05) is 12.2 Å². The maximum absolute atomic E-state index is 12.7. The smallest absolute Gasteiger partial charge is 0.472 e. The zero-order chi connectivity index (χ0) is 46.3. The average molecular weight is 908 g/mol. The van der Waals surface area contributed by atoms with Crippen LogP contribution in [0.3, 0.4) is 0 Å². The molecule has 0 amide bonds. The van der Waals surface area contributed by atoms with Gasteiger partial charge in [-0.15, -0.1) is 0 Å². The summed E-state index contributed by atoms with van der Waals surface area (Å²) in [4.78, 5) is 46.1. The molecule has 0 fully saturated rings. The summed E-state index contributed by atoms with van der Waals surface area (Å²) in [5, 5.41) is 8.91. The molecule has 0 aliphatic carbocycles. The molecule has 0 spiro atoms. The van der Waals surface area contributed by atoms with Crippen LogP contribution in [-0.2, 0) is 37.5 Å². The molecule has 0 saturated heterocycles. The molecule has 63 heavy (non-hydrogen) atoms. The number of hydrogen-bond acceptors (Lipinski definition) is 9. The normalized spacial score (nSPS) is 14.1. The van der Waals surface area contributed by atoms with E-state index in [0.717, 1.165) is 51.4 Å². The zero-order valence-electron chi connectivity index (χ0n) is 39.7. The van der Waals surface area contributed by atoms with Crippen LogP contribution in [0.5, 0.6) is 0 Å². The van der Waals surface area contributed by atoms with Crippen molar-refractivity contribution in [1.82, 2.24) is 0 Å². The maximum Gasteiger partial charge on any atom is 0.472 e. The summed E-state index contributed by atoms with van der Waals surface area (Å²) in [6.45, 7) is 2.66. The Balaban J connectivity index is 4.31. The molecule has 0 bridgehead atoms. The second kappa shape index (κ2) is 45.7. The van der Waals surface area contributed by atoms with Crippen molar-refractivity contribution in [1.29, 1.82) is 0 Å². The van der Waals surface area contributed by atoms with Crippen molar-refractivity contribution < 1.29 is 47.5 Å². The molecule has 364 valence electrons. The highest BCUT2D eigenvalue weighted by Crippen LogP contribution is 2.43. The van der Waals surface area contributed by atoms with E-state index >= 15 is 0 Å². The van der Waals surface area contributed by atoms with Gasteiger partial charge in [-0.25, -0.2) is 4.57 Å². The molecule has 0 saturated carbocycles. The molecular weight excluding hydrogens is 818 g/mol. The van der Waals surface area contributed by atoms with Crippen LogP contribution in [0.4, 0.5) is 0 Å². The highest BCUT2D eigenvalue weighted by molar-refractivity contribution is 7.47. The lowest BCUT2D eigenvalue weighted by Gasteiger charge is -2.20. The summed E-state index contributed by atoms with van der Waals surface area (Å²) in [5.41, 5.74) is 5.34. The molecule has 11 nitrogen and oxygen atoms in total. The summed E-state index contributed by atoms with van der Waals surface area (Å²) >= 11 is 0. The number of carboxylic acid groups (broad SMARTS) is 1. The Morgan fingerprint density at radius 3 is 1.32 bits per heavy atom. The van der Waals surface area contributed by atoms with Crippen LogP contribution in [0.1, 0.15) is 213 Å². The van der Waals surface area contributed by atoms with E-state index in [1.165, 1.54) is 116 Å². The molecule has 0 rings (SSSR count). The molecule has 4 N–H and O–H groups in total. The van der Waals surface area contributed by atoms with Gasteiger partial charge in [-0.05, 0) is 51.4 Å². The van der Waals surface area contributed by atoms with Gasteiger partial charge in [-0.3, -0.25) is 23.4 Å². The third-order valence-corrected chi connectivity index (χ3v) is 11.5. The summed E-state index contributed by atoms with van der Waals surface area (Å²) in [6.07, 6.45) is 54.4. The molecule has 0 aliphatic heterocycles. The van der Waals surface area contributed by atoms with E-state index in [4.69, 9.17) is 24.8 Å². The number of hydrogen-bond donors (Lipinski definition) is 3. The standard InChI is InChI=1S/C51H90NO10P/c1-3-5-7-9-11-13-15-17-19-21-22-23-24-25-27-29-31-33-35-37-39-41-43-50(54)62-47(45-60-63(57,58)61-46-48(52)51(55)56)44-59-49(53)42-40-38-36-34-32-30-28-26-20-18-16-14-12-10-8-6-4-2/h6,8,12,14,18,20,28,30,34,36,47-48H,3-5,7,9-11,13,15-17,19,21-27,29,31-33,35,37-46,52H2,1-2H3,(H,55,56)(H,57,58)/b8-6+,14-12+,20-18+,30-28+,36-34+/t47-,48+/m1/s1. The lowest BCUT2D eigenvalue weighted by molar-refractivity contribution is -0.161.